The molecule has 0 atom stereocenters. The largest absolute Gasteiger partial charge is 0.416 e. The lowest BCUT2D eigenvalue weighted by molar-refractivity contribution is -0.137. The van der Waals surface area contributed by atoms with Crippen LogP contribution in [0.2, 0.25) is 5.02 Å². The summed E-state index contributed by atoms with van der Waals surface area (Å²) in [4.78, 5) is 33.7. The third-order valence-corrected chi connectivity index (χ3v) is 6.20. The average Bonchev–Trinajstić information content (AvgIpc) is 2.93. The van der Waals surface area contributed by atoms with Crippen molar-refractivity contribution >= 4 is 51.5 Å². The lowest BCUT2D eigenvalue weighted by atomic mass is 9.95. The second kappa shape index (κ2) is 13.2. The van der Waals surface area contributed by atoms with Gasteiger partial charge in [0.15, 0.2) is 0 Å². The van der Waals surface area contributed by atoms with E-state index in [-0.39, 0.29) is 45.7 Å². The number of hydrogen-bond acceptors (Lipinski definition) is 5. The molecular weight excluding hydrogens is 574 g/mol. The molecule has 0 spiro atoms. The number of para-hydroxylation sites is 1. The Hall–Kier alpha value is -4.25. The minimum absolute atomic E-state index is 0.0694. The zero-order valence-corrected chi connectivity index (χ0v) is 24.3. The summed E-state index contributed by atoms with van der Waals surface area (Å²) >= 11 is 6.17. The fraction of sp³-hybridized carbons (Fsp3) is 0.267. The van der Waals surface area contributed by atoms with E-state index in [0.29, 0.717) is 5.39 Å². The topological polar surface area (TPSA) is 96.0 Å². The molecule has 0 radical (unpaired) electrons. The van der Waals surface area contributed by atoms with E-state index in [1.807, 2.05) is 13.8 Å². The van der Waals surface area contributed by atoms with Gasteiger partial charge < -0.3 is 16.0 Å². The Morgan fingerprint density at radius 1 is 0.952 bits per heavy atom. The number of alkyl halides is 3. The van der Waals surface area contributed by atoms with Crippen LogP contribution < -0.4 is 16.0 Å². The Balaban J connectivity index is 0.00000237. The SMILES string of the molecule is CC.CC(C)(C)C(=O)NCc1ccc(Cl)c(C(=O)Nc2cccc3c(Nc4cccc(C(F)(F)F)c4)ncnc23)c1F. The summed E-state index contributed by atoms with van der Waals surface area (Å²) in [6, 6.07) is 12.1. The third-order valence-electron chi connectivity index (χ3n) is 5.88. The Morgan fingerprint density at radius 2 is 1.64 bits per heavy atom. The second-order valence-corrected chi connectivity index (χ2v) is 10.3. The number of amides is 2. The number of nitrogens with zero attached hydrogens (tertiary/aromatic N) is 2. The van der Waals surface area contributed by atoms with Crippen LogP contribution in [0.4, 0.5) is 34.8 Å². The summed E-state index contributed by atoms with van der Waals surface area (Å²) in [5.74, 6) is -1.84. The highest BCUT2D eigenvalue weighted by molar-refractivity contribution is 6.34. The van der Waals surface area contributed by atoms with Crippen LogP contribution in [0.15, 0.2) is 60.9 Å². The molecule has 3 aromatic carbocycles. The molecule has 42 heavy (non-hydrogen) atoms. The van der Waals surface area contributed by atoms with Crippen LogP contribution in [-0.2, 0) is 17.5 Å². The number of hydrogen-bond donors (Lipinski definition) is 3. The van der Waals surface area contributed by atoms with E-state index in [2.05, 4.69) is 25.9 Å². The Kier molecular flexibility index (Phi) is 10.1. The number of aromatic nitrogens is 2. The van der Waals surface area contributed by atoms with Crippen molar-refractivity contribution in [2.45, 2.75) is 47.3 Å². The maximum atomic E-state index is 15.4. The lowest BCUT2D eigenvalue weighted by Crippen LogP contribution is -2.34. The number of nitrogens with one attached hydrogen (secondary N) is 3. The van der Waals surface area contributed by atoms with Crippen molar-refractivity contribution in [3.8, 4) is 0 Å². The molecule has 0 aliphatic heterocycles. The van der Waals surface area contributed by atoms with Gasteiger partial charge in [0.05, 0.1) is 27.4 Å². The molecule has 3 N–H and O–H groups in total. The van der Waals surface area contributed by atoms with Gasteiger partial charge >= 0.3 is 6.18 Å². The Labute approximate surface area is 245 Å². The van der Waals surface area contributed by atoms with E-state index < -0.39 is 34.4 Å². The van der Waals surface area contributed by atoms with Crippen LogP contribution in [0.5, 0.6) is 0 Å². The summed E-state index contributed by atoms with van der Waals surface area (Å²) in [5, 5.41) is 8.35. The van der Waals surface area contributed by atoms with Gasteiger partial charge in [0, 0.05) is 28.6 Å². The van der Waals surface area contributed by atoms with Gasteiger partial charge in [-0.1, -0.05) is 64.4 Å². The molecule has 12 heteroatoms. The average molecular weight is 604 g/mol. The highest BCUT2D eigenvalue weighted by atomic mass is 35.5. The van der Waals surface area contributed by atoms with Gasteiger partial charge in [0.2, 0.25) is 5.91 Å². The summed E-state index contributed by atoms with van der Waals surface area (Å²) in [6.07, 6.45) is -3.34. The van der Waals surface area contributed by atoms with E-state index >= 15 is 4.39 Å². The monoisotopic (exact) mass is 603 g/mol. The molecule has 0 unspecified atom stereocenters. The molecule has 1 heterocycles. The number of carbonyl (C=O) groups is 2. The molecule has 0 bridgehead atoms. The van der Waals surface area contributed by atoms with Crippen LogP contribution in [0.1, 0.15) is 56.1 Å². The number of fused-ring (bicyclic) bond motifs is 1. The highest BCUT2D eigenvalue weighted by Gasteiger charge is 2.30. The standard InChI is InChI=1S/C28H24ClF4N5O2.C2H6/c1-27(2,3)26(40)34-13-15-10-11-19(29)21(22(15)30)25(39)38-20-9-5-8-18-23(20)35-14-36-24(18)37-17-7-4-6-16(12-17)28(31,32)33;1-2/h4-12,14H,13H2,1-3H3,(H,34,40)(H,38,39)(H,35,36,37);1-2H3. The zero-order valence-electron chi connectivity index (χ0n) is 23.6. The fourth-order valence-electron chi connectivity index (χ4n) is 3.76. The first-order chi connectivity index (χ1) is 19.8. The highest BCUT2D eigenvalue weighted by Crippen LogP contribution is 2.33. The summed E-state index contributed by atoms with van der Waals surface area (Å²) in [6.45, 7) is 9.00. The number of anilines is 3. The van der Waals surface area contributed by atoms with Crippen LogP contribution in [0, 0.1) is 11.2 Å². The molecule has 222 valence electrons. The van der Waals surface area contributed by atoms with Gasteiger partial charge in [-0.3, -0.25) is 9.59 Å². The van der Waals surface area contributed by atoms with Crippen molar-refractivity contribution in [1.29, 1.82) is 0 Å². The molecule has 7 nitrogen and oxygen atoms in total. The van der Waals surface area contributed by atoms with Gasteiger partial charge in [0.1, 0.15) is 18.0 Å². The van der Waals surface area contributed by atoms with Crippen LogP contribution in [-0.4, -0.2) is 21.8 Å². The van der Waals surface area contributed by atoms with E-state index in [0.717, 1.165) is 12.1 Å². The number of carbonyl (C=O) groups excluding carboxylic acids is 2. The number of halogens is 5. The van der Waals surface area contributed by atoms with Crippen molar-refractivity contribution in [2.75, 3.05) is 10.6 Å². The Bertz CT molecular complexity index is 1600. The molecule has 4 aromatic rings. The molecule has 0 aliphatic carbocycles. The first-order valence-corrected chi connectivity index (χ1v) is 13.4. The first kappa shape index (κ1) is 32.3. The molecule has 1 aromatic heterocycles. The lowest BCUT2D eigenvalue weighted by Gasteiger charge is -2.18. The summed E-state index contributed by atoms with van der Waals surface area (Å²) in [5.41, 5.74) is -1.27. The van der Waals surface area contributed by atoms with Crippen molar-refractivity contribution in [2.24, 2.45) is 5.41 Å². The smallest absolute Gasteiger partial charge is 0.351 e. The second-order valence-electron chi connectivity index (χ2n) is 9.91. The van der Waals surface area contributed by atoms with Crippen molar-refractivity contribution < 1.29 is 27.2 Å². The van der Waals surface area contributed by atoms with Crippen molar-refractivity contribution in [3.63, 3.8) is 0 Å². The minimum Gasteiger partial charge on any atom is -0.351 e. The molecule has 4 rings (SSSR count). The molecule has 0 saturated carbocycles. The predicted molar refractivity (Wildman–Crippen MR) is 156 cm³/mol. The van der Waals surface area contributed by atoms with Gasteiger partial charge in [-0.2, -0.15) is 13.2 Å². The fourth-order valence-corrected chi connectivity index (χ4v) is 4.00. The quantitative estimate of drug-likeness (QED) is 0.193. The normalized spacial score (nSPS) is 11.4. The number of benzene rings is 3. The van der Waals surface area contributed by atoms with E-state index in [1.54, 1.807) is 32.9 Å². The molecular formula is C30H30ClF4N5O2. The Morgan fingerprint density at radius 3 is 2.31 bits per heavy atom. The molecule has 0 aliphatic rings. The molecule has 0 saturated heterocycles. The van der Waals surface area contributed by atoms with Gasteiger partial charge in [0.25, 0.3) is 5.91 Å². The summed E-state index contributed by atoms with van der Waals surface area (Å²) in [7, 11) is 0. The van der Waals surface area contributed by atoms with Crippen LogP contribution >= 0.6 is 11.6 Å². The summed E-state index contributed by atoms with van der Waals surface area (Å²) < 4.78 is 54.8. The third kappa shape index (κ3) is 7.52. The molecule has 0 fully saturated rings. The van der Waals surface area contributed by atoms with E-state index in [4.69, 9.17) is 11.6 Å². The zero-order chi connectivity index (χ0) is 31.2. The van der Waals surface area contributed by atoms with Gasteiger partial charge in [-0.05, 0) is 36.4 Å². The minimum atomic E-state index is -4.52. The number of rotatable bonds is 6. The van der Waals surface area contributed by atoms with Crippen molar-refractivity contribution in [3.05, 3.63) is 88.5 Å². The van der Waals surface area contributed by atoms with Gasteiger partial charge in [-0.15, -0.1) is 0 Å². The molecule has 2 amide bonds. The van der Waals surface area contributed by atoms with E-state index in [1.165, 1.54) is 36.7 Å². The maximum Gasteiger partial charge on any atom is 0.416 e. The van der Waals surface area contributed by atoms with Crippen LogP contribution in [0.3, 0.4) is 0 Å². The van der Waals surface area contributed by atoms with Crippen molar-refractivity contribution in [1.82, 2.24) is 15.3 Å². The van der Waals surface area contributed by atoms with Crippen LogP contribution in [0.25, 0.3) is 10.9 Å². The maximum absolute atomic E-state index is 15.4. The van der Waals surface area contributed by atoms with Gasteiger partial charge in [-0.25, -0.2) is 14.4 Å². The van der Waals surface area contributed by atoms with E-state index in [9.17, 15) is 22.8 Å². The first-order valence-electron chi connectivity index (χ1n) is 13.0. The predicted octanol–water partition coefficient (Wildman–Crippen LogP) is 8.13.